The van der Waals surface area contributed by atoms with Gasteiger partial charge in [0.15, 0.2) is 0 Å². The van der Waals surface area contributed by atoms with E-state index in [0.717, 1.165) is 24.3 Å². The first-order valence-electron chi connectivity index (χ1n) is 8.10. The topological polar surface area (TPSA) is 29.1 Å². The van der Waals surface area contributed by atoms with Crippen molar-refractivity contribution in [1.29, 1.82) is 0 Å². The van der Waals surface area contributed by atoms with Crippen molar-refractivity contribution >= 4 is 10.8 Å². The van der Waals surface area contributed by atoms with Crippen LogP contribution in [0.1, 0.15) is 58.9 Å². The minimum atomic E-state index is -0.921. The van der Waals surface area contributed by atoms with Gasteiger partial charge >= 0.3 is 0 Å². The molecule has 0 spiro atoms. The Morgan fingerprint density at radius 3 is 2.43 bits per heavy atom. The predicted molar refractivity (Wildman–Crippen MR) is 91.2 cm³/mol. The van der Waals surface area contributed by atoms with Gasteiger partial charge in [-0.05, 0) is 48.4 Å². The molecule has 3 unspecified atom stereocenters. The van der Waals surface area contributed by atoms with E-state index in [9.17, 15) is 4.21 Å². The average molecular weight is 308 g/mol. The van der Waals surface area contributed by atoms with E-state index >= 15 is 0 Å². The van der Waals surface area contributed by atoms with Crippen molar-refractivity contribution in [3.63, 3.8) is 0 Å². The van der Waals surface area contributed by atoms with Gasteiger partial charge in [0.25, 0.3) is 0 Å². The molecule has 3 heteroatoms. The lowest BCUT2D eigenvalue weighted by Crippen LogP contribution is -2.46. The Labute approximate surface area is 132 Å². The van der Waals surface area contributed by atoms with Gasteiger partial charge in [0.05, 0.1) is 16.0 Å². The Kier molecular flexibility index (Phi) is 5.26. The first kappa shape index (κ1) is 16.7. The van der Waals surface area contributed by atoms with Gasteiger partial charge in [-0.25, -0.2) is 0 Å². The monoisotopic (exact) mass is 307 g/mol. The summed E-state index contributed by atoms with van der Waals surface area (Å²) in [5.74, 6) is 0.521. The van der Waals surface area contributed by atoms with Gasteiger partial charge in [0, 0.05) is 10.9 Å². The molecule has 0 bridgehead atoms. The summed E-state index contributed by atoms with van der Waals surface area (Å²) in [5.41, 5.74) is 1.54. The van der Waals surface area contributed by atoms with Crippen LogP contribution in [0.4, 0.5) is 0 Å². The van der Waals surface area contributed by atoms with Gasteiger partial charge in [-0.15, -0.1) is 0 Å². The third kappa shape index (κ3) is 3.57. The molecule has 1 saturated carbocycles. The van der Waals surface area contributed by atoms with Crippen molar-refractivity contribution < 1.29 is 4.21 Å². The zero-order chi connectivity index (χ0) is 15.6. The highest BCUT2D eigenvalue weighted by molar-refractivity contribution is 7.85. The summed E-state index contributed by atoms with van der Waals surface area (Å²) in [6.45, 7) is 12.0. The van der Waals surface area contributed by atoms with Gasteiger partial charge in [-0.1, -0.05) is 46.8 Å². The van der Waals surface area contributed by atoms with Crippen LogP contribution in [-0.2, 0) is 10.8 Å². The summed E-state index contributed by atoms with van der Waals surface area (Å²) < 4.78 is 13.0. The van der Waals surface area contributed by atoms with Crippen molar-refractivity contribution in [2.24, 2.45) is 5.41 Å². The third-order valence-corrected chi connectivity index (χ3v) is 6.56. The molecule has 1 aromatic carbocycles. The molecule has 1 aliphatic carbocycles. The Morgan fingerprint density at radius 2 is 1.90 bits per heavy atom. The second kappa shape index (κ2) is 6.62. The number of hydrogen-bond acceptors (Lipinski definition) is 2. The highest BCUT2D eigenvalue weighted by Gasteiger charge is 2.44. The molecule has 0 amide bonds. The quantitative estimate of drug-likeness (QED) is 0.888. The van der Waals surface area contributed by atoms with Crippen molar-refractivity contribution in [3.05, 3.63) is 29.8 Å². The van der Waals surface area contributed by atoms with Crippen molar-refractivity contribution in [1.82, 2.24) is 5.32 Å². The number of benzene rings is 1. The zero-order valence-electron chi connectivity index (χ0n) is 14.0. The number of nitrogens with one attached hydrogen (secondary N) is 1. The lowest BCUT2D eigenvalue weighted by Gasteiger charge is -2.31. The third-order valence-electron chi connectivity index (χ3n) is 4.76. The number of rotatable bonds is 5. The normalized spacial score (nSPS) is 26.2. The molecule has 1 aliphatic rings. The van der Waals surface area contributed by atoms with E-state index in [1.165, 1.54) is 5.56 Å². The van der Waals surface area contributed by atoms with Crippen LogP contribution in [0.2, 0.25) is 0 Å². The summed E-state index contributed by atoms with van der Waals surface area (Å²) in [5, 5.41) is 3.80. The van der Waals surface area contributed by atoms with Crippen LogP contribution in [0.25, 0.3) is 0 Å². The predicted octanol–water partition coefficient (Wildman–Crippen LogP) is 4.08. The molecular weight excluding hydrogens is 278 g/mol. The van der Waals surface area contributed by atoms with E-state index in [1.54, 1.807) is 0 Å². The fourth-order valence-corrected chi connectivity index (χ4v) is 5.16. The molecular formula is C18H29NOS. The Bertz CT molecular complexity index is 492. The van der Waals surface area contributed by atoms with Crippen molar-refractivity contribution in [3.8, 4) is 0 Å². The minimum absolute atomic E-state index is 0.227. The van der Waals surface area contributed by atoms with Gasteiger partial charge < -0.3 is 5.32 Å². The molecule has 21 heavy (non-hydrogen) atoms. The first-order chi connectivity index (χ1) is 9.86. The summed E-state index contributed by atoms with van der Waals surface area (Å²) in [6.07, 6.45) is 2.19. The molecule has 1 N–H and O–H groups in total. The largest absolute Gasteiger partial charge is 0.313 e. The lowest BCUT2D eigenvalue weighted by atomic mass is 9.87. The standard InChI is InChI=1S/C18H29NOS/c1-6-19-17-16(11-12-18(17,4)5)21(20)15-9-7-14(8-10-15)13(2)3/h7-10,13,16-17,19H,6,11-12H2,1-5H3. The molecule has 118 valence electrons. The van der Waals surface area contributed by atoms with Gasteiger partial charge in [-0.3, -0.25) is 4.21 Å². The minimum Gasteiger partial charge on any atom is -0.313 e. The van der Waals surface area contributed by atoms with E-state index < -0.39 is 10.8 Å². The molecule has 0 aliphatic heterocycles. The maximum absolute atomic E-state index is 13.0. The maximum atomic E-state index is 13.0. The van der Waals surface area contributed by atoms with Crippen LogP contribution in [-0.4, -0.2) is 22.0 Å². The molecule has 0 aromatic heterocycles. The number of hydrogen-bond donors (Lipinski definition) is 1. The summed E-state index contributed by atoms with van der Waals surface area (Å²) in [4.78, 5) is 0.977. The van der Waals surface area contributed by atoms with E-state index in [4.69, 9.17) is 0 Å². The lowest BCUT2D eigenvalue weighted by molar-refractivity contribution is 0.289. The van der Waals surface area contributed by atoms with Crippen LogP contribution in [0.3, 0.4) is 0 Å². The van der Waals surface area contributed by atoms with Crippen LogP contribution in [0, 0.1) is 5.41 Å². The molecule has 1 aromatic rings. The van der Waals surface area contributed by atoms with E-state index in [1.807, 2.05) is 0 Å². The first-order valence-corrected chi connectivity index (χ1v) is 9.32. The fraction of sp³-hybridized carbons (Fsp3) is 0.667. The van der Waals surface area contributed by atoms with E-state index in [-0.39, 0.29) is 10.7 Å². The highest BCUT2D eigenvalue weighted by Crippen LogP contribution is 2.41. The summed E-state index contributed by atoms with van der Waals surface area (Å²) >= 11 is 0. The average Bonchev–Trinajstić information content (AvgIpc) is 2.74. The molecule has 0 saturated heterocycles. The molecule has 0 radical (unpaired) electrons. The van der Waals surface area contributed by atoms with Gasteiger partial charge in [0.2, 0.25) is 0 Å². The Balaban J connectivity index is 2.19. The molecule has 1 fully saturated rings. The Morgan fingerprint density at radius 1 is 1.29 bits per heavy atom. The highest BCUT2D eigenvalue weighted by atomic mass is 32.2. The molecule has 3 atom stereocenters. The van der Waals surface area contributed by atoms with Crippen LogP contribution >= 0.6 is 0 Å². The van der Waals surface area contributed by atoms with E-state index in [2.05, 4.69) is 64.2 Å². The smallest absolute Gasteiger partial charge is 0.0576 e. The second-order valence-electron chi connectivity index (χ2n) is 7.12. The molecule has 2 rings (SSSR count). The van der Waals surface area contributed by atoms with Crippen molar-refractivity contribution in [2.45, 2.75) is 69.6 Å². The maximum Gasteiger partial charge on any atom is 0.0576 e. The van der Waals surface area contributed by atoms with Crippen LogP contribution in [0.5, 0.6) is 0 Å². The second-order valence-corrected chi connectivity index (χ2v) is 8.79. The van der Waals surface area contributed by atoms with Crippen LogP contribution in [0.15, 0.2) is 29.2 Å². The summed E-state index contributed by atoms with van der Waals surface area (Å²) in [7, 11) is -0.921. The Hall–Kier alpha value is -0.670. The van der Waals surface area contributed by atoms with E-state index in [0.29, 0.717) is 12.0 Å². The summed E-state index contributed by atoms with van der Waals surface area (Å²) in [6, 6.07) is 8.70. The van der Waals surface area contributed by atoms with Gasteiger partial charge in [-0.2, -0.15) is 0 Å². The molecule has 2 nitrogen and oxygen atoms in total. The van der Waals surface area contributed by atoms with Gasteiger partial charge in [0.1, 0.15) is 0 Å². The molecule has 0 heterocycles. The zero-order valence-corrected chi connectivity index (χ0v) is 14.8. The van der Waals surface area contributed by atoms with Crippen LogP contribution < -0.4 is 5.32 Å². The fourth-order valence-electron chi connectivity index (χ4n) is 3.36. The SMILES string of the molecule is CCNC1C(S(=O)c2ccc(C(C)C)cc2)CCC1(C)C. The van der Waals surface area contributed by atoms with Crippen molar-refractivity contribution in [2.75, 3.05) is 6.54 Å².